The van der Waals surface area contributed by atoms with Gasteiger partial charge in [-0.25, -0.2) is 8.42 Å². The molecule has 0 spiro atoms. The van der Waals surface area contributed by atoms with Gasteiger partial charge in [0.1, 0.15) is 16.7 Å². The maximum atomic E-state index is 12.1. The van der Waals surface area contributed by atoms with Crippen LogP contribution in [0.25, 0.3) is 0 Å². The van der Waals surface area contributed by atoms with Gasteiger partial charge in [0.15, 0.2) is 0 Å². The summed E-state index contributed by atoms with van der Waals surface area (Å²) < 4.78 is 62.6. The first-order valence-corrected chi connectivity index (χ1v) is 7.17. The second-order valence-corrected chi connectivity index (χ2v) is 5.94. The zero-order valence-corrected chi connectivity index (χ0v) is 11.0. The van der Waals surface area contributed by atoms with E-state index >= 15 is 0 Å². The highest BCUT2D eigenvalue weighted by Crippen LogP contribution is 2.31. The number of aryl methyl sites for hydroxylation is 1. The Morgan fingerprint density at radius 1 is 1.42 bits per heavy atom. The van der Waals surface area contributed by atoms with Crippen LogP contribution in [0.4, 0.5) is 13.2 Å². The molecule has 0 N–H and O–H groups in total. The molecule has 0 fully saturated rings. The Kier molecular flexibility index (Phi) is 4.32. The van der Waals surface area contributed by atoms with Crippen LogP contribution in [-0.4, -0.2) is 14.8 Å². The van der Waals surface area contributed by atoms with Gasteiger partial charge in [-0.15, -0.1) is 13.2 Å². The number of nitriles is 1. The van der Waals surface area contributed by atoms with E-state index in [1.54, 1.807) is 13.0 Å². The summed E-state index contributed by atoms with van der Waals surface area (Å²) in [6.45, 7) is 1.55. The summed E-state index contributed by atoms with van der Waals surface area (Å²) >= 11 is 0. The molecule has 0 saturated carbocycles. The van der Waals surface area contributed by atoms with Crippen LogP contribution in [0.5, 0.6) is 5.75 Å². The molecule has 0 saturated heterocycles. The third-order valence-electron chi connectivity index (χ3n) is 2.15. The second kappa shape index (κ2) is 5.27. The lowest BCUT2D eigenvalue weighted by molar-refractivity contribution is -0.274. The van der Waals surface area contributed by atoms with Crippen molar-refractivity contribution in [2.45, 2.75) is 24.6 Å². The quantitative estimate of drug-likeness (QED) is 0.805. The number of nitrogens with zero attached hydrogens (tertiary/aromatic N) is 1. The van der Waals surface area contributed by atoms with E-state index in [1.807, 2.05) is 0 Å². The lowest BCUT2D eigenvalue weighted by Gasteiger charge is -2.12. The van der Waals surface area contributed by atoms with Crippen LogP contribution in [0.3, 0.4) is 0 Å². The number of rotatable bonds is 3. The molecule has 0 atom stereocenters. The average molecular weight is 314 g/mol. The van der Waals surface area contributed by atoms with Gasteiger partial charge in [0.05, 0.1) is 5.56 Å². The van der Waals surface area contributed by atoms with Gasteiger partial charge >= 0.3 is 6.36 Å². The van der Waals surface area contributed by atoms with Crippen LogP contribution >= 0.6 is 10.7 Å². The minimum absolute atomic E-state index is 0.100. The molecule has 0 heterocycles. The van der Waals surface area contributed by atoms with E-state index in [4.69, 9.17) is 15.9 Å². The van der Waals surface area contributed by atoms with Crippen molar-refractivity contribution < 1.29 is 26.3 Å². The fourth-order valence-corrected chi connectivity index (χ4v) is 2.48. The normalized spacial score (nSPS) is 12.0. The highest BCUT2D eigenvalue weighted by atomic mass is 35.7. The SMILES string of the molecule is CCc1cc(OC(F)(F)F)cc(S(=O)(=O)Cl)c1C#N. The summed E-state index contributed by atoms with van der Waals surface area (Å²) in [7, 11) is 0.745. The second-order valence-electron chi connectivity index (χ2n) is 3.41. The van der Waals surface area contributed by atoms with Gasteiger partial charge in [-0.3, -0.25) is 0 Å². The van der Waals surface area contributed by atoms with E-state index in [9.17, 15) is 21.6 Å². The highest BCUT2D eigenvalue weighted by molar-refractivity contribution is 8.13. The third-order valence-corrected chi connectivity index (χ3v) is 3.49. The summed E-state index contributed by atoms with van der Waals surface area (Å²) in [5, 5.41) is 8.88. The molecule has 0 aromatic heterocycles. The van der Waals surface area contributed by atoms with Crippen molar-refractivity contribution in [2.24, 2.45) is 0 Å². The zero-order chi connectivity index (χ0) is 14.8. The van der Waals surface area contributed by atoms with Gasteiger partial charge in [-0.2, -0.15) is 5.26 Å². The molecule has 0 aliphatic rings. The Morgan fingerprint density at radius 2 is 2.00 bits per heavy atom. The van der Waals surface area contributed by atoms with Crippen LogP contribution in [0, 0.1) is 11.3 Å². The van der Waals surface area contributed by atoms with Gasteiger partial charge in [0.25, 0.3) is 9.05 Å². The van der Waals surface area contributed by atoms with Crippen molar-refractivity contribution in [1.82, 2.24) is 0 Å². The Bertz CT molecular complexity index is 635. The van der Waals surface area contributed by atoms with E-state index in [2.05, 4.69) is 4.74 Å². The molecule has 0 aliphatic carbocycles. The minimum Gasteiger partial charge on any atom is -0.406 e. The maximum absolute atomic E-state index is 12.1. The van der Waals surface area contributed by atoms with Crippen molar-refractivity contribution in [1.29, 1.82) is 5.26 Å². The van der Waals surface area contributed by atoms with E-state index < -0.39 is 26.1 Å². The molecule has 0 aliphatic heterocycles. The molecular formula is C10H7ClF3NO3S. The molecule has 0 radical (unpaired) electrons. The molecule has 0 amide bonds. The largest absolute Gasteiger partial charge is 0.573 e. The number of hydrogen-bond donors (Lipinski definition) is 0. The fourth-order valence-electron chi connectivity index (χ4n) is 1.44. The zero-order valence-electron chi connectivity index (χ0n) is 9.45. The van der Waals surface area contributed by atoms with Gasteiger partial charge in [0.2, 0.25) is 0 Å². The molecule has 1 aromatic rings. The van der Waals surface area contributed by atoms with Crippen LogP contribution < -0.4 is 4.74 Å². The van der Waals surface area contributed by atoms with Crippen molar-refractivity contribution >= 4 is 19.7 Å². The molecule has 1 aromatic carbocycles. The van der Waals surface area contributed by atoms with E-state index in [0.717, 1.165) is 6.07 Å². The number of hydrogen-bond acceptors (Lipinski definition) is 4. The molecule has 1 rings (SSSR count). The summed E-state index contributed by atoms with van der Waals surface area (Å²) in [5.74, 6) is -0.734. The lowest BCUT2D eigenvalue weighted by Crippen LogP contribution is -2.17. The number of benzene rings is 1. The summed E-state index contributed by atoms with van der Waals surface area (Å²) in [5.41, 5.74) is -0.185. The highest BCUT2D eigenvalue weighted by Gasteiger charge is 2.32. The van der Waals surface area contributed by atoms with Gasteiger partial charge in [-0.1, -0.05) is 6.92 Å². The lowest BCUT2D eigenvalue weighted by atomic mass is 10.1. The molecule has 9 heteroatoms. The van der Waals surface area contributed by atoms with E-state index in [1.165, 1.54) is 0 Å². The first-order chi connectivity index (χ1) is 8.58. The third kappa shape index (κ3) is 4.01. The van der Waals surface area contributed by atoms with Gasteiger partial charge in [0, 0.05) is 16.7 Å². The monoisotopic (exact) mass is 313 g/mol. The summed E-state index contributed by atoms with van der Waals surface area (Å²) in [6, 6.07) is 3.14. The molecule has 19 heavy (non-hydrogen) atoms. The molecule has 0 bridgehead atoms. The predicted octanol–water partition coefficient (Wildman–Crippen LogP) is 2.95. The Balaban J connectivity index is 3.54. The van der Waals surface area contributed by atoms with Gasteiger partial charge < -0.3 is 4.74 Å². The number of alkyl halides is 3. The summed E-state index contributed by atoms with van der Waals surface area (Å²) in [4.78, 5) is -0.699. The molecular weight excluding hydrogens is 307 g/mol. The van der Waals surface area contributed by atoms with E-state index in [0.29, 0.717) is 6.07 Å². The Labute approximate surface area is 111 Å². The number of ether oxygens (including phenoxy) is 1. The first kappa shape index (κ1) is 15.6. The van der Waals surface area contributed by atoms with Crippen molar-refractivity contribution in [3.05, 3.63) is 23.3 Å². The van der Waals surface area contributed by atoms with Crippen LogP contribution in [-0.2, 0) is 15.5 Å². The molecule has 104 valence electrons. The Morgan fingerprint density at radius 3 is 2.37 bits per heavy atom. The standard InChI is InChI=1S/C10H7ClF3NO3S/c1-2-6-3-7(18-10(12,13)14)4-9(8(6)5-15)19(11,16)17/h3-4H,2H2,1H3. The van der Waals surface area contributed by atoms with E-state index in [-0.39, 0.29) is 17.5 Å². The van der Waals surface area contributed by atoms with Crippen LogP contribution in [0.1, 0.15) is 18.1 Å². The number of halogens is 4. The Hall–Kier alpha value is -1.46. The minimum atomic E-state index is -4.97. The fraction of sp³-hybridized carbons (Fsp3) is 0.300. The van der Waals surface area contributed by atoms with Crippen LogP contribution in [0.15, 0.2) is 17.0 Å². The van der Waals surface area contributed by atoms with Crippen molar-refractivity contribution in [3.8, 4) is 11.8 Å². The maximum Gasteiger partial charge on any atom is 0.573 e. The smallest absolute Gasteiger partial charge is 0.406 e. The van der Waals surface area contributed by atoms with Crippen LogP contribution in [0.2, 0.25) is 0 Å². The average Bonchev–Trinajstić information content (AvgIpc) is 2.24. The van der Waals surface area contributed by atoms with Crippen molar-refractivity contribution in [3.63, 3.8) is 0 Å². The van der Waals surface area contributed by atoms with Gasteiger partial charge in [-0.05, 0) is 18.1 Å². The van der Waals surface area contributed by atoms with Crippen molar-refractivity contribution in [2.75, 3.05) is 0 Å². The topological polar surface area (TPSA) is 67.2 Å². The molecule has 4 nitrogen and oxygen atoms in total. The summed E-state index contributed by atoms with van der Waals surface area (Å²) in [6.07, 6.45) is -4.82. The molecule has 0 unspecified atom stereocenters. The predicted molar refractivity (Wildman–Crippen MR) is 60.3 cm³/mol. The first-order valence-electron chi connectivity index (χ1n) is 4.86.